The van der Waals surface area contributed by atoms with Gasteiger partial charge in [0.25, 0.3) is 0 Å². The minimum atomic E-state index is -1.54. The maximum Gasteiger partial charge on any atom is 0.408 e. The summed E-state index contributed by atoms with van der Waals surface area (Å²) in [5, 5.41) is 33.8. The van der Waals surface area contributed by atoms with E-state index in [2.05, 4.69) is 25.9 Å². The molecule has 2 heterocycles. The Kier molecular flexibility index (Phi) is 13.9. The number of aliphatic hydroxyl groups excluding tert-OH is 2. The number of hydrogen-bond donors (Lipinski definition) is 5. The van der Waals surface area contributed by atoms with Crippen molar-refractivity contribution >= 4 is 40.8 Å². The Bertz CT molecular complexity index is 1570. The van der Waals surface area contributed by atoms with Gasteiger partial charge in [-0.15, -0.1) is 22.7 Å². The molecule has 48 heavy (non-hydrogen) atoms. The number of benzene rings is 2. The van der Waals surface area contributed by atoms with Crippen molar-refractivity contribution in [3.05, 3.63) is 104 Å². The minimum absolute atomic E-state index is 0.00399. The Balaban J connectivity index is 1.43. The lowest BCUT2D eigenvalue weighted by Crippen LogP contribution is -2.59. The second kappa shape index (κ2) is 18.2. The highest BCUT2D eigenvalue weighted by molar-refractivity contribution is 7.09. The van der Waals surface area contributed by atoms with E-state index in [1.165, 1.54) is 29.6 Å². The number of carbonyl (C=O) groups is 3. The Labute approximate surface area is 287 Å². The molecule has 2 aromatic carbocycles. The van der Waals surface area contributed by atoms with Gasteiger partial charge in [-0.05, 0) is 30.9 Å². The van der Waals surface area contributed by atoms with E-state index in [0.717, 1.165) is 21.0 Å². The Morgan fingerprint density at radius 2 is 1.33 bits per heavy atom. The lowest BCUT2D eigenvalue weighted by atomic mass is 9.91. The largest absolute Gasteiger partial charge is 0.444 e. The van der Waals surface area contributed by atoms with Gasteiger partial charge in [0, 0.05) is 17.5 Å². The van der Waals surface area contributed by atoms with E-state index in [0.29, 0.717) is 5.69 Å². The summed E-state index contributed by atoms with van der Waals surface area (Å²) >= 11 is 2.82. The van der Waals surface area contributed by atoms with Crippen LogP contribution in [0.4, 0.5) is 9.59 Å². The van der Waals surface area contributed by atoms with Crippen LogP contribution in [-0.4, -0.2) is 68.6 Å². The van der Waals surface area contributed by atoms with Crippen molar-refractivity contribution in [2.45, 2.75) is 83.1 Å². The summed E-state index contributed by atoms with van der Waals surface area (Å²) in [6, 6.07) is 15.3. The van der Waals surface area contributed by atoms with Gasteiger partial charge in [0.15, 0.2) is 0 Å². The van der Waals surface area contributed by atoms with E-state index < -0.39 is 48.4 Å². The molecule has 0 bridgehead atoms. The summed E-state index contributed by atoms with van der Waals surface area (Å²) < 4.78 is 10.6. The molecule has 0 saturated carbocycles. The predicted molar refractivity (Wildman–Crippen MR) is 182 cm³/mol. The van der Waals surface area contributed by atoms with E-state index in [1.54, 1.807) is 11.7 Å². The summed E-state index contributed by atoms with van der Waals surface area (Å²) in [6.45, 7) is 5.48. The van der Waals surface area contributed by atoms with Gasteiger partial charge in [-0.1, -0.05) is 74.5 Å². The smallest absolute Gasteiger partial charge is 0.408 e. The first kappa shape index (κ1) is 36.5. The highest BCUT2D eigenvalue weighted by atomic mass is 32.1. The monoisotopic (exact) mass is 695 g/mol. The third-order valence-electron chi connectivity index (χ3n) is 7.37. The number of ether oxygens (including phenoxy) is 2. The maximum absolute atomic E-state index is 13.3. The van der Waals surface area contributed by atoms with Crippen LogP contribution >= 0.6 is 22.7 Å². The Morgan fingerprint density at radius 1 is 0.771 bits per heavy atom. The third-order valence-corrected chi connectivity index (χ3v) is 9.32. The van der Waals surface area contributed by atoms with Crippen molar-refractivity contribution < 1.29 is 34.1 Å². The van der Waals surface area contributed by atoms with Gasteiger partial charge >= 0.3 is 12.2 Å². The molecule has 4 aromatic rings. The summed E-state index contributed by atoms with van der Waals surface area (Å²) in [6.07, 6.45) is -2.75. The molecule has 12 nitrogen and oxygen atoms in total. The molecule has 5 N–H and O–H groups in total. The standard InChI is InChI=1S/C34H41N5O7S2/c1-21(2)32-37-25(19-47-32)17-45-33(43)36-22(3)31(42)38-27(14-23-10-6-4-7-11-23)29(40)30(41)28(15-24-12-8-5-9-13-24)39-34(44)46-18-26-16-35-20-48-26/h4-13,16,19-22,27-30,40-41H,14-15,17-18H2,1-3H3,(H,36,43)(H,38,42)(H,39,44)/t22-,27-,28-,29+,30-/m0/s1. The fourth-order valence-electron chi connectivity index (χ4n) is 4.75. The van der Waals surface area contributed by atoms with E-state index in [4.69, 9.17) is 9.47 Å². The van der Waals surface area contributed by atoms with Crippen LogP contribution in [0, 0.1) is 0 Å². The molecule has 0 fully saturated rings. The van der Waals surface area contributed by atoms with Gasteiger partial charge < -0.3 is 35.6 Å². The molecule has 2 aromatic heterocycles. The second-order valence-corrected chi connectivity index (χ2v) is 13.4. The second-order valence-electron chi connectivity index (χ2n) is 11.5. The molecule has 256 valence electrons. The average molecular weight is 696 g/mol. The molecule has 0 aliphatic heterocycles. The van der Waals surface area contributed by atoms with Crippen LogP contribution < -0.4 is 16.0 Å². The SMILES string of the molecule is CC(C)c1nc(COC(=O)N[C@@H](C)C(=O)N[C@@H](Cc2ccccc2)[C@@H](O)[C@@H](O)[C@H](Cc2ccccc2)NC(=O)OCc2cncs2)cs1. The summed E-state index contributed by atoms with van der Waals surface area (Å²) in [5.41, 5.74) is 3.83. The first-order valence-electron chi connectivity index (χ1n) is 15.5. The number of nitrogens with one attached hydrogen (secondary N) is 3. The van der Waals surface area contributed by atoms with Crippen LogP contribution in [0.5, 0.6) is 0 Å². The van der Waals surface area contributed by atoms with E-state index in [9.17, 15) is 24.6 Å². The lowest BCUT2D eigenvalue weighted by Gasteiger charge is -2.33. The number of amides is 3. The lowest BCUT2D eigenvalue weighted by molar-refractivity contribution is -0.125. The molecule has 4 rings (SSSR count). The third kappa shape index (κ3) is 11.4. The van der Waals surface area contributed by atoms with Crippen molar-refractivity contribution in [3.8, 4) is 0 Å². The summed E-state index contributed by atoms with van der Waals surface area (Å²) in [5.74, 6) is -0.349. The molecule has 14 heteroatoms. The molecule has 0 aliphatic carbocycles. The summed E-state index contributed by atoms with van der Waals surface area (Å²) in [7, 11) is 0. The van der Waals surface area contributed by atoms with Crippen molar-refractivity contribution in [1.82, 2.24) is 25.9 Å². The van der Waals surface area contributed by atoms with Gasteiger partial charge in [0.2, 0.25) is 5.91 Å². The molecule has 0 spiro atoms. The molecule has 3 amide bonds. The van der Waals surface area contributed by atoms with Gasteiger partial charge in [0.05, 0.1) is 33.2 Å². The number of nitrogens with zero attached hydrogens (tertiary/aromatic N) is 2. The molecule has 0 saturated heterocycles. The molecule has 0 aliphatic rings. The zero-order valence-corrected chi connectivity index (χ0v) is 28.6. The zero-order chi connectivity index (χ0) is 34.5. The predicted octanol–water partition coefficient (Wildman–Crippen LogP) is 4.32. The summed E-state index contributed by atoms with van der Waals surface area (Å²) in [4.78, 5) is 47.8. The maximum atomic E-state index is 13.3. The van der Waals surface area contributed by atoms with Crippen LogP contribution in [0.2, 0.25) is 0 Å². The number of alkyl carbamates (subject to hydrolysis) is 2. The van der Waals surface area contributed by atoms with Crippen molar-refractivity contribution in [2.75, 3.05) is 0 Å². The number of carbonyl (C=O) groups excluding carboxylic acids is 3. The fraction of sp³-hybridized carbons (Fsp3) is 0.382. The minimum Gasteiger partial charge on any atom is -0.444 e. The normalized spacial score (nSPS) is 14.3. The van der Waals surface area contributed by atoms with Crippen LogP contribution in [0.1, 0.15) is 53.4 Å². The number of thiazole rings is 2. The van der Waals surface area contributed by atoms with Crippen LogP contribution in [0.15, 0.2) is 77.8 Å². The van der Waals surface area contributed by atoms with Gasteiger partial charge in [-0.25, -0.2) is 14.6 Å². The number of aliphatic hydroxyl groups is 2. The molecular weight excluding hydrogens is 655 g/mol. The van der Waals surface area contributed by atoms with E-state index in [1.807, 2.05) is 79.9 Å². The van der Waals surface area contributed by atoms with Crippen LogP contribution in [0.3, 0.4) is 0 Å². The number of rotatable bonds is 16. The van der Waals surface area contributed by atoms with Gasteiger partial charge in [0.1, 0.15) is 31.5 Å². The van der Waals surface area contributed by atoms with Gasteiger partial charge in [-0.3, -0.25) is 9.78 Å². The fourth-order valence-corrected chi connectivity index (χ4v) is 6.08. The zero-order valence-electron chi connectivity index (χ0n) is 26.9. The Morgan fingerprint density at radius 3 is 1.88 bits per heavy atom. The highest BCUT2D eigenvalue weighted by Gasteiger charge is 2.35. The van der Waals surface area contributed by atoms with Crippen molar-refractivity contribution in [3.63, 3.8) is 0 Å². The number of aromatic nitrogens is 2. The average Bonchev–Trinajstić information content (AvgIpc) is 3.79. The highest BCUT2D eigenvalue weighted by Crippen LogP contribution is 2.20. The van der Waals surface area contributed by atoms with E-state index >= 15 is 0 Å². The Hall–Kier alpha value is -4.37. The van der Waals surface area contributed by atoms with Gasteiger partial charge in [-0.2, -0.15) is 0 Å². The first-order chi connectivity index (χ1) is 23.1. The molecular formula is C34H41N5O7S2. The first-order valence-corrected chi connectivity index (χ1v) is 17.3. The van der Waals surface area contributed by atoms with Crippen molar-refractivity contribution in [2.24, 2.45) is 0 Å². The molecule has 5 atom stereocenters. The number of hydrogen-bond acceptors (Lipinski definition) is 11. The van der Waals surface area contributed by atoms with Crippen LogP contribution in [-0.2, 0) is 40.3 Å². The quantitative estimate of drug-likeness (QED) is 0.114. The van der Waals surface area contributed by atoms with Crippen molar-refractivity contribution in [1.29, 1.82) is 0 Å². The van der Waals surface area contributed by atoms with E-state index in [-0.39, 0.29) is 32.0 Å². The molecule has 0 radical (unpaired) electrons. The topological polar surface area (TPSA) is 172 Å². The molecule has 0 unspecified atom stereocenters. The van der Waals surface area contributed by atoms with Crippen LogP contribution in [0.25, 0.3) is 0 Å².